The van der Waals surface area contributed by atoms with Crippen molar-refractivity contribution in [3.05, 3.63) is 232 Å². The van der Waals surface area contributed by atoms with Gasteiger partial charge in [0, 0.05) is 116 Å². The van der Waals surface area contributed by atoms with Crippen LogP contribution in [0.3, 0.4) is 0 Å². The molecule has 12 aliphatic rings. The molecule has 14 heteroatoms. The van der Waals surface area contributed by atoms with E-state index in [9.17, 15) is 34.2 Å². The molecule has 0 saturated heterocycles. The number of nitrogens with zero attached hydrogens (tertiary/aromatic N) is 3. The number of Topliss-reactive ketones (excluding diaryl/α,β-unsaturated/α-hetero) is 3. The molecule has 6 aromatic rings. The Morgan fingerprint density at radius 2 is 0.947 bits per heavy atom. The van der Waals surface area contributed by atoms with Crippen LogP contribution in [-0.4, -0.2) is 79.3 Å². The van der Waals surface area contributed by atoms with Crippen LogP contribution in [-0.2, 0) is 38.2 Å². The standard InChI is InChI=1S/C27H26N2O3.C27H25NO4.C27H27NO3/c1-27-8-6-17-11-20-23(30)12-19(26(28)31)13-24(20)32-25(17)22(27)5-4-21(27)16-2-3-18-14-29-9-7-15(18)10-16;1-27-8-6-17-11-20-23(29)12-19(26(30)31)13-24(20)32-25(17)22(27)5-4-21(27)16-2-3-18-14-28-9-7-15(18)10-16;1-27-9-7-17-13-21-24(30)11-16(15-29)12-25(21)31-26(17)23(27)6-5-22(27)20-4-2-3-18-14-28-10-8-19(18)20/h2-3,6-11,14,19,21-22,25H,4-5,12-13H2,1H3,(H2,28,31);2-3,6-11,14,19,21-22,25H,4-5,12-13H2,1H3,(H,30,31);2-4,7-10,13-14,16,22-23,26,29H,5-6,11-12,15H2,1H3/t2*19?,21-,22+,25-,27-;16?,22-,23+,26-,27-/m111/s1. The number of allylic oxidation sites excluding steroid dienone is 12. The fraction of sp³-hybridized carbons (Fsp3) is 0.383. The number of carbonyl (C=O) groups is 5. The zero-order valence-electron chi connectivity index (χ0n) is 53.8. The first kappa shape index (κ1) is 60.8. The van der Waals surface area contributed by atoms with Gasteiger partial charge in [-0.3, -0.25) is 38.9 Å². The maximum atomic E-state index is 12.6. The van der Waals surface area contributed by atoms with E-state index in [0.717, 1.165) is 77.3 Å². The van der Waals surface area contributed by atoms with Crippen molar-refractivity contribution in [2.75, 3.05) is 6.61 Å². The van der Waals surface area contributed by atoms with Gasteiger partial charge in [0.2, 0.25) is 5.91 Å². The SMILES string of the molecule is C[C@]12C=CC3=CC4=C(CC(C(=O)O)CC4=O)O[C@H]3[C@@H]1CC[C@@H]2c1ccc2cnccc2c1.C[C@]12C=CC3=CC4=C(CC(C(N)=O)CC4=O)O[C@H]3[C@@H]1CC[C@@H]2c1ccc2cnccc2c1.C[C@]12C=CC3=CC4=C(CC(CO)CC4=O)O[C@H]3[C@@H]1CC[C@@H]2c1cccc2cnccc12. The van der Waals surface area contributed by atoms with Crippen molar-refractivity contribution in [3.63, 3.8) is 0 Å². The summed E-state index contributed by atoms with van der Waals surface area (Å²) in [5.41, 5.74) is 14.6. The minimum atomic E-state index is -0.927. The second-order valence-electron chi connectivity index (χ2n) is 29.5. The monoisotopic (exact) mass is 1270 g/mol. The molecule has 3 aromatic carbocycles. The van der Waals surface area contributed by atoms with Crippen molar-refractivity contribution >= 4 is 61.5 Å². The van der Waals surface area contributed by atoms with Crippen LogP contribution in [0.15, 0.2) is 215 Å². The Morgan fingerprint density at radius 1 is 0.505 bits per heavy atom. The van der Waals surface area contributed by atoms with Crippen LogP contribution in [0.1, 0.15) is 132 Å². The molecule has 14 nitrogen and oxygen atoms in total. The number of carboxylic acids is 1. The molecular weight excluding hydrogens is 1190 g/mol. The highest BCUT2D eigenvalue weighted by Crippen LogP contribution is 2.63. The number of fused-ring (bicyclic) bond motifs is 12. The Morgan fingerprint density at radius 3 is 1.44 bits per heavy atom. The largest absolute Gasteiger partial charge is 0.489 e. The molecule has 3 aromatic heterocycles. The van der Waals surface area contributed by atoms with Crippen molar-refractivity contribution in [1.29, 1.82) is 0 Å². The normalized spacial score (nSPS) is 33.6. The van der Waals surface area contributed by atoms with Crippen LogP contribution in [0.4, 0.5) is 0 Å². The van der Waals surface area contributed by atoms with Crippen molar-refractivity contribution in [3.8, 4) is 0 Å². The molecule has 3 saturated carbocycles. The fourth-order valence-corrected chi connectivity index (χ4v) is 19.2. The lowest BCUT2D eigenvalue weighted by molar-refractivity contribution is -0.144. The third kappa shape index (κ3) is 10.2. The van der Waals surface area contributed by atoms with Gasteiger partial charge in [0.25, 0.3) is 0 Å². The lowest BCUT2D eigenvalue weighted by Crippen LogP contribution is -2.42. The molecule has 1 amide bonds. The zero-order chi connectivity index (χ0) is 65.2. The van der Waals surface area contributed by atoms with E-state index in [1.54, 1.807) is 0 Å². The fourth-order valence-electron chi connectivity index (χ4n) is 19.2. The van der Waals surface area contributed by atoms with Crippen LogP contribution < -0.4 is 5.73 Å². The van der Waals surface area contributed by atoms with Gasteiger partial charge in [-0.05, 0) is 164 Å². The minimum absolute atomic E-state index is 0.00726. The molecule has 18 rings (SSSR count). The molecule has 3 fully saturated rings. The van der Waals surface area contributed by atoms with Gasteiger partial charge in [-0.15, -0.1) is 0 Å². The predicted octanol–water partition coefficient (Wildman–Crippen LogP) is 14.2. The molecule has 9 aliphatic carbocycles. The lowest BCUT2D eigenvalue weighted by atomic mass is 9.64. The van der Waals surface area contributed by atoms with Gasteiger partial charge in [-0.25, -0.2) is 0 Å². The molecule has 0 radical (unpaired) electrons. The van der Waals surface area contributed by atoms with Gasteiger partial charge < -0.3 is 30.2 Å². The number of aliphatic hydroxyl groups is 1. The van der Waals surface area contributed by atoms with Crippen molar-refractivity contribution in [2.24, 2.45) is 57.5 Å². The van der Waals surface area contributed by atoms with Crippen LogP contribution in [0.2, 0.25) is 0 Å². The number of hydrogen-bond acceptors (Lipinski definition) is 12. The maximum Gasteiger partial charge on any atom is 0.307 e. The van der Waals surface area contributed by atoms with E-state index >= 15 is 0 Å². The summed E-state index contributed by atoms with van der Waals surface area (Å²) in [4.78, 5) is 73.8. The molecule has 15 atom stereocenters. The Balaban J connectivity index is 0.000000112. The summed E-state index contributed by atoms with van der Waals surface area (Å²) in [5, 5.41) is 26.2. The number of nitrogens with two attached hydrogens (primary N) is 1. The average Bonchev–Trinajstić information content (AvgIpc) is 1.68. The van der Waals surface area contributed by atoms with E-state index in [2.05, 4.69) is 151 Å². The molecule has 0 spiro atoms. The third-order valence-corrected chi connectivity index (χ3v) is 24.4. The number of aliphatic hydroxyl groups excluding tert-OH is 1. The second kappa shape index (κ2) is 23.4. The summed E-state index contributed by atoms with van der Waals surface area (Å²) in [5.74, 6) is 1.57. The van der Waals surface area contributed by atoms with Crippen LogP contribution >= 0.6 is 0 Å². The summed E-state index contributed by atoms with van der Waals surface area (Å²) in [7, 11) is 0. The highest BCUT2D eigenvalue weighted by Gasteiger charge is 2.57. The molecule has 4 N–H and O–H groups in total. The topological polar surface area (TPSA) is 218 Å². The van der Waals surface area contributed by atoms with E-state index < -0.39 is 23.7 Å². The average molecular weight is 1270 g/mol. The minimum Gasteiger partial charge on any atom is -0.489 e. The van der Waals surface area contributed by atoms with Crippen LogP contribution in [0.5, 0.6) is 0 Å². The third-order valence-electron chi connectivity index (χ3n) is 24.4. The van der Waals surface area contributed by atoms with Gasteiger partial charge >= 0.3 is 5.97 Å². The molecule has 95 heavy (non-hydrogen) atoms. The summed E-state index contributed by atoms with van der Waals surface area (Å²) >= 11 is 0. The predicted molar refractivity (Wildman–Crippen MR) is 360 cm³/mol. The van der Waals surface area contributed by atoms with Crippen molar-refractivity contribution < 1.29 is 48.4 Å². The first-order chi connectivity index (χ1) is 46.0. The molecule has 3 unspecified atom stereocenters. The second-order valence-corrected chi connectivity index (χ2v) is 29.5. The first-order valence-electron chi connectivity index (χ1n) is 34.1. The number of primary amides is 1. The number of aromatic nitrogens is 3. The number of aliphatic carboxylic acids is 1. The molecular formula is C81H78N4O10. The van der Waals surface area contributed by atoms with E-state index in [0.29, 0.717) is 77.9 Å². The Kier molecular flexibility index (Phi) is 14.9. The van der Waals surface area contributed by atoms with E-state index in [1.165, 1.54) is 38.2 Å². The van der Waals surface area contributed by atoms with Gasteiger partial charge in [0.1, 0.15) is 35.6 Å². The summed E-state index contributed by atoms with van der Waals surface area (Å²) < 4.78 is 19.5. The quantitative estimate of drug-likeness (QED) is 0.142. The van der Waals surface area contributed by atoms with Crippen molar-refractivity contribution in [2.45, 2.75) is 134 Å². The summed E-state index contributed by atoms with van der Waals surface area (Å²) in [6.07, 6.45) is 39.1. The number of amides is 1. The van der Waals surface area contributed by atoms with Gasteiger partial charge in [-0.2, -0.15) is 0 Å². The molecule has 0 bridgehead atoms. The molecule has 3 aliphatic heterocycles. The van der Waals surface area contributed by atoms with Gasteiger partial charge in [-0.1, -0.05) is 112 Å². The highest BCUT2D eigenvalue weighted by molar-refractivity contribution is 6.03. The number of carboxylic acid groups (broad SMARTS) is 1. The van der Waals surface area contributed by atoms with Gasteiger partial charge in [0.15, 0.2) is 17.3 Å². The smallest absolute Gasteiger partial charge is 0.307 e. The van der Waals surface area contributed by atoms with E-state index in [4.69, 9.17) is 19.9 Å². The summed E-state index contributed by atoms with van der Waals surface area (Å²) in [6.45, 7) is 7.06. The molecule has 482 valence electrons. The number of pyridine rings is 3. The maximum absolute atomic E-state index is 12.6. The number of ether oxygens (including phenoxy) is 3. The molecule has 6 heterocycles. The Bertz CT molecular complexity index is 4400. The van der Waals surface area contributed by atoms with Crippen molar-refractivity contribution in [1.82, 2.24) is 15.0 Å². The summed E-state index contributed by atoms with van der Waals surface area (Å²) in [6, 6.07) is 26.2. The lowest BCUT2D eigenvalue weighted by Gasteiger charge is -2.45. The Labute approximate surface area is 552 Å². The first-order valence-corrected chi connectivity index (χ1v) is 34.1. The van der Waals surface area contributed by atoms with E-state index in [-0.39, 0.29) is 83.2 Å². The number of benzene rings is 3. The number of ketones is 3. The van der Waals surface area contributed by atoms with Gasteiger partial charge in [0.05, 0.1) is 28.6 Å². The zero-order valence-corrected chi connectivity index (χ0v) is 53.8. The Hall–Kier alpha value is -9.14. The number of rotatable bonds is 6. The number of hydrogen-bond donors (Lipinski definition) is 3. The highest BCUT2D eigenvalue weighted by atomic mass is 16.5. The van der Waals surface area contributed by atoms with E-state index in [1.807, 2.05) is 49.3 Å². The number of carbonyl (C=O) groups excluding carboxylic acids is 4. The van der Waals surface area contributed by atoms with Crippen LogP contribution in [0, 0.1) is 51.8 Å². The van der Waals surface area contributed by atoms with Crippen LogP contribution in [0.25, 0.3) is 32.3 Å².